The Morgan fingerprint density at radius 3 is 2.67 bits per heavy atom. The summed E-state index contributed by atoms with van der Waals surface area (Å²) in [5, 5.41) is 13.4. The first-order valence-corrected chi connectivity index (χ1v) is 7.66. The minimum absolute atomic E-state index is 0.196. The van der Waals surface area contributed by atoms with Crippen LogP contribution in [-0.4, -0.2) is 48.3 Å². The summed E-state index contributed by atoms with van der Waals surface area (Å²) in [5.74, 6) is 1.31. The van der Waals surface area contributed by atoms with Gasteiger partial charge in [-0.15, -0.1) is 0 Å². The van der Waals surface area contributed by atoms with Crippen molar-refractivity contribution in [2.75, 3.05) is 26.2 Å². The first kappa shape index (κ1) is 15.9. The van der Waals surface area contributed by atoms with Crippen molar-refractivity contribution < 1.29 is 5.11 Å². The predicted octanol–water partition coefficient (Wildman–Crippen LogP) is 2.10. The Kier molecular flexibility index (Phi) is 7.20. The fourth-order valence-corrected chi connectivity index (χ4v) is 2.90. The van der Waals surface area contributed by atoms with E-state index in [4.69, 9.17) is 0 Å². The van der Waals surface area contributed by atoms with Crippen molar-refractivity contribution in [3.05, 3.63) is 0 Å². The van der Waals surface area contributed by atoms with Gasteiger partial charge in [-0.2, -0.15) is 0 Å². The van der Waals surface area contributed by atoms with Crippen molar-refractivity contribution in [1.82, 2.24) is 10.2 Å². The van der Waals surface area contributed by atoms with Crippen molar-refractivity contribution in [3.8, 4) is 0 Å². The Bertz CT molecular complexity index is 221. The van der Waals surface area contributed by atoms with E-state index in [2.05, 4.69) is 37.9 Å². The Morgan fingerprint density at radius 1 is 1.33 bits per heavy atom. The van der Waals surface area contributed by atoms with Gasteiger partial charge in [0.15, 0.2) is 0 Å². The maximum atomic E-state index is 9.89. The fraction of sp³-hybridized carbons (Fsp3) is 1.00. The number of nitrogens with zero attached hydrogens (tertiary/aromatic N) is 1. The second kappa shape index (κ2) is 8.13. The Hall–Kier alpha value is -0.120. The average molecular weight is 256 g/mol. The van der Waals surface area contributed by atoms with Crippen molar-refractivity contribution >= 4 is 0 Å². The maximum absolute atomic E-state index is 9.89. The molecule has 3 nitrogen and oxygen atoms in total. The fourth-order valence-electron chi connectivity index (χ4n) is 2.90. The van der Waals surface area contributed by atoms with E-state index in [0.29, 0.717) is 12.0 Å². The largest absolute Gasteiger partial charge is 0.392 e. The highest BCUT2D eigenvalue weighted by atomic mass is 16.3. The van der Waals surface area contributed by atoms with Gasteiger partial charge in [0.1, 0.15) is 0 Å². The van der Waals surface area contributed by atoms with E-state index >= 15 is 0 Å². The van der Waals surface area contributed by atoms with E-state index in [-0.39, 0.29) is 6.10 Å². The summed E-state index contributed by atoms with van der Waals surface area (Å²) in [6.45, 7) is 13.2. The molecule has 0 radical (unpaired) electrons. The standard InChI is InChI=1S/C15H32N2O/c1-5-17-8-6-7-14(11-17)13(4)16-10-15(18)9-12(2)3/h12-16,18H,5-11H2,1-4H3. The van der Waals surface area contributed by atoms with Gasteiger partial charge >= 0.3 is 0 Å². The van der Waals surface area contributed by atoms with E-state index < -0.39 is 0 Å². The molecule has 18 heavy (non-hydrogen) atoms. The van der Waals surface area contributed by atoms with E-state index in [9.17, 15) is 5.11 Å². The summed E-state index contributed by atoms with van der Waals surface area (Å²) < 4.78 is 0. The van der Waals surface area contributed by atoms with E-state index in [1.54, 1.807) is 0 Å². The second-order valence-corrected chi connectivity index (χ2v) is 6.28. The topological polar surface area (TPSA) is 35.5 Å². The van der Waals surface area contributed by atoms with Gasteiger partial charge in [0.05, 0.1) is 6.10 Å². The molecule has 1 aliphatic heterocycles. The molecule has 0 aromatic heterocycles. The van der Waals surface area contributed by atoms with Crippen LogP contribution in [0.4, 0.5) is 0 Å². The van der Waals surface area contributed by atoms with Crippen LogP contribution in [0.5, 0.6) is 0 Å². The molecular formula is C15H32N2O. The highest BCUT2D eigenvalue weighted by Crippen LogP contribution is 2.19. The summed E-state index contributed by atoms with van der Waals surface area (Å²) >= 11 is 0. The molecular weight excluding hydrogens is 224 g/mol. The molecule has 1 saturated heterocycles. The SMILES string of the molecule is CCN1CCCC(C(C)NCC(O)CC(C)C)C1. The number of nitrogens with one attached hydrogen (secondary N) is 1. The number of aliphatic hydroxyl groups is 1. The molecule has 1 heterocycles. The van der Waals surface area contributed by atoms with E-state index in [1.165, 1.54) is 32.5 Å². The molecule has 1 aliphatic rings. The lowest BCUT2D eigenvalue weighted by Gasteiger charge is -2.35. The van der Waals surface area contributed by atoms with Crippen LogP contribution < -0.4 is 5.32 Å². The highest BCUT2D eigenvalue weighted by Gasteiger charge is 2.23. The third-order valence-corrected chi connectivity index (χ3v) is 4.12. The van der Waals surface area contributed by atoms with Gasteiger partial charge in [0.2, 0.25) is 0 Å². The zero-order chi connectivity index (χ0) is 13.5. The maximum Gasteiger partial charge on any atom is 0.0667 e. The normalized spacial score (nSPS) is 25.3. The molecule has 3 heteroatoms. The van der Waals surface area contributed by atoms with Crippen molar-refractivity contribution in [2.45, 2.75) is 59.1 Å². The number of piperidine rings is 1. The van der Waals surface area contributed by atoms with Gasteiger partial charge in [-0.05, 0) is 51.1 Å². The monoisotopic (exact) mass is 256 g/mol. The van der Waals surface area contributed by atoms with Crippen molar-refractivity contribution in [1.29, 1.82) is 0 Å². The lowest BCUT2D eigenvalue weighted by molar-refractivity contribution is 0.123. The van der Waals surface area contributed by atoms with E-state index in [0.717, 1.165) is 18.9 Å². The molecule has 1 fully saturated rings. The van der Waals surface area contributed by atoms with Crippen LogP contribution in [0.25, 0.3) is 0 Å². The van der Waals surface area contributed by atoms with Crippen LogP contribution in [0.1, 0.15) is 47.0 Å². The molecule has 1 rings (SSSR count). The minimum atomic E-state index is -0.196. The van der Waals surface area contributed by atoms with Crippen LogP contribution in [0.15, 0.2) is 0 Å². The van der Waals surface area contributed by atoms with Crippen LogP contribution in [-0.2, 0) is 0 Å². The van der Waals surface area contributed by atoms with Crippen molar-refractivity contribution in [3.63, 3.8) is 0 Å². The lowest BCUT2D eigenvalue weighted by atomic mass is 9.91. The van der Waals surface area contributed by atoms with Gasteiger partial charge in [0.25, 0.3) is 0 Å². The molecule has 0 aromatic rings. The molecule has 0 aromatic carbocycles. The summed E-state index contributed by atoms with van der Waals surface area (Å²) in [4.78, 5) is 2.54. The van der Waals surface area contributed by atoms with Crippen LogP contribution in [0.3, 0.4) is 0 Å². The average Bonchev–Trinajstić information content (AvgIpc) is 2.35. The quantitative estimate of drug-likeness (QED) is 0.732. The van der Waals surface area contributed by atoms with Gasteiger partial charge in [-0.3, -0.25) is 0 Å². The molecule has 0 spiro atoms. The molecule has 2 N–H and O–H groups in total. The molecule has 0 amide bonds. The third-order valence-electron chi connectivity index (χ3n) is 4.12. The van der Waals surface area contributed by atoms with E-state index in [1.807, 2.05) is 0 Å². The number of rotatable bonds is 7. The predicted molar refractivity (Wildman–Crippen MR) is 77.8 cm³/mol. The van der Waals surface area contributed by atoms with Crippen LogP contribution >= 0.6 is 0 Å². The molecule has 3 unspecified atom stereocenters. The van der Waals surface area contributed by atoms with Crippen LogP contribution in [0.2, 0.25) is 0 Å². The minimum Gasteiger partial charge on any atom is -0.392 e. The van der Waals surface area contributed by atoms with Crippen LogP contribution in [0, 0.1) is 11.8 Å². The van der Waals surface area contributed by atoms with Gasteiger partial charge in [-0.1, -0.05) is 20.8 Å². The first-order chi connectivity index (χ1) is 8.52. The Balaban J connectivity index is 2.25. The number of likely N-dealkylation sites (tertiary alicyclic amines) is 1. The van der Waals surface area contributed by atoms with Crippen molar-refractivity contribution in [2.24, 2.45) is 11.8 Å². The Labute approximate surface area is 113 Å². The number of hydrogen-bond acceptors (Lipinski definition) is 3. The lowest BCUT2D eigenvalue weighted by Crippen LogP contribution is -2.46. The van der Waals surface area contributed by atoms with Gasteiger partial charge < -0.3 is 15.3 Å². The number of aliphatic hydroxyl groups excluding tert-OH is 1. The third kappa shape index (κ3) is 5.68. The van der Waals surface area contributed by atoms with Gasteiger partial charge in [-0.25, -0.2) is 0 Å². The zero-order valence-electron chi connectivity index (χ0n) is 12.7. The second-order valence-electron chi connectivity index (χ2n) is 6.28. The summed E-state index contributed by atoms with van der Waals surface area (Å²) in [5.41, 5.74) is 0. The smallest absolute Gasteiger partial charge is 0.0667 e. The molecule has 108 valence electrons. The first-order valence-electron chi connectivity index (χ1n) is 7.66. The summed E-state index contributed by atoms with van der Waals surface area (Å²) in [6, 6.07) is 0.515. The highest BCUT2D eigenvalue weighted by molar-refractivity contribution is 4.80. The summed E-state index contributed by atoms with van der Waals surface area (Å²) in [7, 11) is 0. The molecule has 0 saturated carbocycles. The molecule has 3 atom stereocenters. The zero-order valence-corrected chi connectivity index (χ0v) is 12.7. The molecule has 0 aliphatic carbocycles. The Morgan fingerprint density at radius 2 is 2.06 bits per heavy atom. The number of hydrogen-bond donors (Lipinski definition) is 2. The van der Waals surface area contributed by atoms with Gasteiger partial charge in [0, 0.05) is 19.1 Å². The summed E-state index contributed by atoms with van der Waals surface area (Å²) in [6.07, 6.45) is 3.34. The molecule has 0 bridgehead atoms.